The van der Waals surface area contributed by atoms with E-state index in [1.165, 1.54) is 19.3 Å². The summed E-state index contributed by atoms with van der Waals surface area (Å²) in [5.74, 6) is -0.0398. The van der Waals surface area contributed by atoms with E-state index in [0.29, 0.717) is 31.0 Å². The first-order valence-electron chi connectivity index (χ1n) is 8.59. The number of piperidine rings is 1. The van der Waals surface area contributed by atoms with Gasteiger partial charge in [0.1, 0.15) is 0 Å². The molecule has 4 atom stereocenters. The molecule has 1 saturated carbocycles. The third kappa shape index (κ3) is 4.22. The van der Waals surface area contributed by atoms with Crippen molar-refractivity contribution in [2.75, 3.05) is 26.7 Å². The zero-order chi connectivity index (χ0) is 16.3. The summed E-state index contributed by atoms with van der Waals surface area (Å²) in [6.07, 6.45) is 5.48. The van der Waals surface area contributed by atoms with E-state index in [0.717, 1.165) is 19.4 Å². The fraction of sp³-hybridized carbons (Fsp3) is 0.882. The Hall–Kier alpha value is -1.10. The van der Waals surface area contributed by atoms with Gasteiger partial charge < -0.3 is 10.0 Å². The molecule has 126 valence electrons. The molecular formula is C17H30N2O3. The van der Waals surface area contributed by atoms with Crippen LogP contribution in [0.15, 0.2) is 0 Å². The smallest absolute Gasteiger partial charge is 0.307 e. The lowest BCUT2D eigenvalue weighted by molar-refractivity contribution is -0.146. The molecule has 1 aliphatic heterocycles. The molecule has 0 aromatic rings. The van der Waals surface area contributed by atoms with E-state index in [2.05, 4.69) is 13.8 Å². The standard InChI is InChI=1S/C17H30N2O3/c1-12-8-14(17(21)22)10-19(9-12)11-16(20)18(3)15-7-5-4-6-13(15)2/h12-15H,4-11H2,1-3H3,(H,21,22). The summed E-state index contributed by atoms with van der Waals surface area (Å²) >= 11 is 0. The Morgan fingerprint density at radius 1 is 1.18 bits per heavy atom. The average Bonchev–Trinajstić information content (AvgIpc) is 2.46. The number of carboxylic acids is 1. The summed E-state index contributed by atoms with van der Waals surface area (Å²) in [5.41, 5.74) is 0. The number of hydrogen-bond donors (Lipinski definition) is 1. The molecular weight excluding hydrogens is 280 g/mol. The Bertz CT molecular complexity index is 413. The zero-order valence-corrected chi connectivity index (χ0v) is 14.1. The second-order valence-electron chi connectivity index (χ2n) is 7.40. The monoisotopic (exact) mass is 310 g/mol. The van der Waals surface area contributed by atoms with Crippen molar-refractivity contribution in [1.29, 1.82) is 0 Å². The van der Waals surface area contributed by atoms with Crippen molar-refractivity contribution in [3.8, 4) is 0 Å². The van der Waals surface area contributed by atoms with Crippen LogP contribution in [0.25, 0.3) is 0 Å². The molecule has 1 aliphatic carbocycles. The zero-order valence-electron chi connectivity index (χ0n) is 14.1. The highest BCUT2D eigenvalue weighted by molar-refractivity contribution is 5.78. The van der Waals surface area contributed by atoms with Gasteiger partial charge in [0.15, 0.2) is 0 Å². The SMILES string of the molecule is CC1CC(C(=O)O)CN(CC(=O)N(C)C2CCCCC2C)C1. The number of carboxylic acid groups (broad SMARTS) is 1. The maximum Gasteiger partial charge on any atom is 0.307 e. The number of likely N-dealkylation sites (N-methyl/N-ethyl adjacent to an activating group) is 1. The predicted molar refractivity (Wildman–Crippen MR) is 85.5 cm³/mol. The molecule has 5 heteroatoms. The third-order valence-corrected chi connectivity index (χ3v) is 5.40. The minimum atomic E-state index is -0.738. The number of carbonyl (C=O) groups excluding carboxylic acids is 1. The first-order valence-corrected chi connectivity index (χ1v) is 8.59. The molecule has 2 rings (SSSR count). The van der Waals surface area contributed by atoms with Crippen molar-refractivity contribution in [3.63, 3.8) is 0 Å². The molecule has 1 N–H and O–H groups in total. The lowest BCUT2D eigenvalue weighted by atomic mass is 9.85. The molecule has 1 amide bonds. The van der Waals surface area contributed by atoms with E-state index in [1.54, 1.807) is 0 Å². The van der Waals surface area contributed by atoms with Gasteiger partial charge in [0, 0.05) is 26.2 Å². The van der Waals surface area contributed by atoms with Crippen molar-refractivity contribution < 1.29 is 14.7 Å². The Morgan fingerprint density at radius 3 is 2.50 bits per heavy atom. The normalized spacial score (nSPS) is 33.4. The largest absolute Gasteiger partial charge is 0.481 e. The fourth-order valence-electron chi connectivity index (χ4n) is 4.13. The summed E-state index contributed by atoms with van der Waals surface area (Å²) in [4.78, 5) is 27.8. The van der Waals surface area contributed by atoms with Gasteiger partial charge in [-0.05, 0) is 31.1 Å². The van der Waals surface area contributed by atoms with Gasteiger partial charge in [0.25, 0.3) is 0 Å². The number of rotatable bonds is 4. The highest BCUT2D eigenvalue weighted by Gasteiger charge is 2.33. The molecule has 0 aromatic heterocycles. The Kier molecular flexibility index (Phi) is 5.84. The molecule has 22 heavy (non-hydrogen) atoms. The quantitative estimate of drug-likeness (QED) is 0.863. The molecule has 0 bridgehead atoms. The van der Waals surface area contributed by atoms with E-state index in [1.807, 2.05) is 16.8 Å². The Balaban J connectivity index is 1.91. The van der Waals surface area contributed by atoms with Gasteiger partial charge >= 0.3 is 5.97 Å². The van der Waals surface area contributed by atoms with Gasteiger partial charge in [0.2, 0.25) is 5.91 Å². The van der Waals surface area contributed by atoms with Crippen LogP contribution in [0.1, 0.15) is 46.0 Å². The van der Waals surface area contributed by atoms with E-state index in [9.17, 15) is 14.7 Å². The van der Waals surface area contributed by atoms with E-state index in [4.69, 9.17) is 0 Å². The van der Waals surface area contributed by atoms with Crippen LogP contribution >= 0.6 is 0 Å². The minimum absolute atomic E-state index is 0.136. The van der Waals surface area contributed by atoms with Crippen molar-refractivity contribution in [2.45, 2.75) is 52.0 Å². The molecule has 1 heterocycles. The van der Waals surface area contributed by atoms with Crippen LogP contribution in [0, 0.1) is 17.8 Å². The predicted octanol–water partition coefficient (Wildman–Crippen LogP) is 2.07. The first-order chi connectivity index (χ1) is 10.4. The highest BCUT2D eigenvalue weighted by Crippen LogP contribution is 2.28. The van der Waals surface area contributed by atoms with Crippen LogP contribution in [0.5, 0.6) is 0 Å². The molecule has 0 radical (unpaired) electrons. The summed E-state index contributed by atoms with van der Waals surface area (Å²) in [5, 5.41) is 9.23. The van der Waals surface area contributed by atoms with Crippen LogP contribution < -0.4 is 0 Å². The molecule has 0 spiro atoms. The fourth-order valence-corrected chi connectivity index (χ4v) is 4.13. The molecule has 2 aliphatic rings. The molecule has 5 nitrogen and oxygen atoms in total. The summed E-state index contributed by atoms with van der Waals surface area (Å²) in [7, 11) is 1.91. The van der Waals surface area contributed by atoms with Gasteiger partial charge in [-0.2, -0.15) is 0 Å². The van der Waals surface area contributed by atoms with Crippen molar-refractivity contribution in [2.24, 2.45) is 17.8 Å². The first kappa shape index (κ1) is 17.3. The van der Waals surface area contributed by atoms with Crippen molar-refractivity contribution in [3.05, 3.63) is 0 Å². The van der Waals surface area contributed by atoms with Crippen molar-refractivity contribution in [1.82, 2.24) is 9.80 Å². The molecule has 2 fully saturated rings. The van der Waals surface area contributed by atoms with Gasteiger partial charge in [-0.1, -0.05) is 26.7 Å². The maximum atomic E-state index is 12.6. The third-order valence-electron chi connectivity index (χ3n) is 5.40. The molecule has 1 saturated heterocycles. The van der Waals surface area contributed by atoms with Gasteiger partial charge in [-0.25, -0.2) is 0 Å². The topological polar surface area (TPSA) is 60.9 Å². The summed E-state index contributed by atoms with van der Waals surface area (Å²) < 4.78 is 0. The van der Waals surface area contributed by atoms with Gasteiger partial charge in [-0.3, -0.25) is 14.5 Å². The number of carbonyl (C=O) groups is 2. The molecule has 4 unspecified atom stereocenters. The maximum absolute atomic E-state index is 12.6. The summed E-state index contributed by atoms with van der Waals surface area (Å²) in [6.45, 7) is 5.98. The number of nitrogens with zero attached hydrogens (tertiary/aromatic N) is 2. The average molecular weight is 310 g/mol. The second-order valence-corrected chi connectivity index (χ2v) is 7.40. The van der Waals surface area contributed by atoms with Gasteiger partial charge in [-0.15, -0.1) is 0 Å². The van der Waals surface area contributed by atoms with Crippen molar-refractivity contribution >= 4 is 11.9 Å². The molecule has 0 aromatic carbocycles. The summed E-state index contributed by atoms with van der Waals surface area (Å²) in [6, 6.07) is 0.346. The second kappa shape index (κ2) is 7.44. The number of amides is 1. The van der Waals surface area contributed by atoms with Crippen LogP contribution in [0.4, 0.5) is 0 Å². The lowest BCUT2D eigenvalue weighted by Gasteiger charge is -2.39. The van der Waals surface area contributed by atoms with Crippen LogP contribution in [-0.2, 0) is 9.59 Å². The van der Waals surface area contributed by atoms with Crippen LogP contribution in [0.2, 0.25) is 0 Å². The van der Waals surface area contributed by atoms with Crippen LogP contribution in [-0.4, -0.2) is 59.5 Å². The number of likely N-dealkylation sites (tertiary alicyclic amines) is 1. The minimum Gasteiger partial charge on any atom is -0.481 e. The van der Waals surface area contributed by atoms with Crippen LogP contribution in [0.3, 0.4) is 0 Å². The lowest BCUT2D eigenvalue weighted by Crippen LogP contribution is -2.50. The Morgan fingerprint density at radius 2 is 1.86 bits per heavy atom. The van der Waals surface area contributed by atoms with E-state index >= 15 is 0 Å². The van der Waals surface area contributed by atoms with Gasteiger partial charge in [0.05, 0.1) is 12.5 Å². The number of aliphatic carboxylic acids is 1. The van der Waals surface area contributed by atoms with E-state index < -0.39 is 5.97 Å². The number of hydrogen-bond acceptors (Lipinski definition) is 3. The Labute approximate surface area is 133 Å². The highest BCUT2D eigenvalue weighted by atomic mass is 16.4. The van der Waals surface area contributed by atoms with E-state index in [-0.39, 0.29) is 11.8 Å².